The molecule has 5 N–H and O–H groups in total. The minimum atomic E-state index is -3.67. The molecule has 0 amide bonds. The standard InChI is InChI=1S/C20H28N4O3S.HI/c1-3-22-19(24-15-20(2,25)17-7-5-4-6-8-17)23-14-13-16-9-11-18(12-10-16)28(21,26)27;/h4-12,25H,3,13-15H2,1-2H3,(H2,21,26,27)(H2,22,23,24);1H. The van der Waals surface area contributed by atoms with E-state index in [0.29, 0.717) is 25.5 Å². The molecule has 0 aliphatic heterocycles. The average Bonchev–Trinajstić information content (AvgIpc) is 2.66. The van der Waals surface area contributed by atoms with E-state index in [1.807, 2.05) is 37.3 Å². The highest BCUT2D eigenvalue weighted by Gasteiger charge is 2.22. The van der Waals surface area contributed by atoms with E-state index in [1.54, 1.807) is 19.1 Å². The SMILES string of the molecule is CCNC(=NCC(C)(O)c1ccccc1)NCCc1ccc(S(N)(=O)=O)cc1.I. The first-order valence-electron chi connectivity index (χ1n) is 9.14. The molecule has 0 heterocycles. The number of rotatable bonds is 8. The molecule has 1 atom stereocenters. The summed E-state index contributed by atoms with van der Waals surface area (Å²) in [4.78, 5) is 4.59. The number of hydrogen-bond acceptors (Lipinski definition) is 4. The number of sulfonamides is 1. The van der Waals surface area contributed by atoms with Crippen LogP contribution in [0.3, 0.4) is 0 Å². The van der Waals surface area contributed by atoms with E-state index < -0.39 is 15.6 Å². The van der Waals surface area contributed by atoms with Crippen molar-refractivity contribution < 1.29 is 13.5 Å². The summed E-state index contributed by atoms with van der Waals surface area (Å²) in [5.74, 6) is 0.611. The molecule has 2 rings (SSSR count). The molecule has 160 valence electrons. The van der Waals surface area contributed by atoms with Gasteiger partial charge in [0.05, 0.1) is 11.4 Å². The van der Waals surface area contributed by atoms with Gasteiger partial charge < -0.3 is 15.7 Å². The van der Waals surface area contributed by atoms with Gasteiger partial charge in [-0.05, 0) is 43.5 Å². The van der Waals surface area contributed by atoms with Gasteiger partial charge in [0, 0.05) is 13.1 Å². The predicted molar refractivity (Wildman–Crippen MR) is 127 cm³/mol. The smallest absolute Gasteiger partial charge is 0.238 e. The molecule has 0 radical (unpaired) electrons. The van der Waals surface area contributed by atoms with Gasteiger partial charge in [-0.15, -0.1) is 24.0 Å². The first-order chi connectivity index (χ1) is 13.2. The van der Waals surface area contributed by atoms with Crippen LogP contribution >= 0.6 is 24.0 Å². The number of aliphatic hydroxyl groups is 1. The Labute approximate surface area is 189 Å². The number of primary sulfonamides is 1. The summed E-state index contributed by atoms with van der Waals surface area (Å²) in [5.41, 5.74) is 0.726. The first kappa shape index (κ1) is 25.3. The van der Waals surface area contributed by atoms with E-state index in [9.17, 15) is 13.5 Å². The average molecular weight is 532 g/mol. The van der Waals surface area contributed by atoms with Crippen LogP contribution in [0.4, 0.5) is 0 Å². The number of nitrogens with zero attached hydrogens (tertiary/aromatic N) is 1. The molecular formula is C20H29IN4O3S. The molecule has 0 saturated heterocycles. The van der Waals surface area contributed by atoms with E-state index in [1.165, 1.54) is 12.1 Å². The Morgan fingerprint density at radius 1 is 1.10 bits per heavy atom. The van der Waals surface area contributed by atoms with Gasteiger partial charge in [-0.25, -0.2) is 18.5 Å². The molecule has 2 aromatic rings. The predicted octanol–water partition coefficient (Wildman–Crippen LogP) is 1.96. The Balaban J connectivity index is 0.00000420. The van der Waals surface area contributed by atoms with Gasteiger partial charge in [0.1, 0.15) is 5.60 Å². The Hall–Kier alpha value is -1.69. The number of guanidine groups is 1. The minimum absolute atomic E-state index is 0. The van der Waals surface area contributed by atoms with Crippen LogP contribution in [-0.2, 0) is 22.0 Å². The maximum Gasteiger partial charge on any atom is 0.238 e. The summed E-state index contributed by atoms with van der Waals surface area (Å²) in [6, 6.07) is 15.9. The van der Waals surface area contributed by atoms with Gasteiger partial charge in [-0.2, -0.15) is 0 Å². The first-order valence-corrected chi connectivity index (χ1v) is 10.7. The van der Waals surface area contributed by atoms with Crippen LogP contribution in [0.5, 0.6) is 0 Å². The molecule has 0 aliphatic rings. The van der Waals surface area contributed by atoms with Gasteiger partial charge >= 0.3 is 0 Å². The highest BCUT2D eigenvalue weighted by molar-refractivity contribution is 14.0. The van der Waals surface area contributed by atoms with Gasteiger partial charge in [-0.3, -0.25) is 0 Å². The van der Waals surface area contributed by atoms with E-state index in [4.69, 9.17) is 5.14 Å². The second kappa shape index (κ2) is 11.5. The van der Waals surface area contributed by atoms with Gasteiger partial charge in [0.2, 0.25) is 10.0 Å². The quantitative estimate of drug-likeness (QED) is 0.236. The fourth-order valence-corrected chi connectivity index (χ4v) is 3.15. The van der Waals surface area contributed by atoms with Crippen molar-refractivity contribution in [1.29, 1.82) is 0 Å². The third-order valence-corrected chi connectivity index (χ3v) is 5.17. The van der Waals surface area contributed by atoms with Gasteiger partial charge in [0.25, 0.3) is 0 Å². The van der Waals surface area contributed by atoms with Crippen molar-refractivity contribution >= 4 is 40.0 Å². The van der Waals surface area contributed by atoms with E-state index in [-0.39, 0.29) is 35.4 Å². The number of nitrogens with two attached hydrogens (primary N) is 1. The Bertz CT molecular complexity index is 886. The molecular weight excluding hydrogens is 503 g/mol. The fourth-order valence-electron chi connectivity index (χ4n) is 2.63. The Kier molecular flexibility index (Phi) is 10.0. The molecule has 29 heavy (non-hydrogen) atoms. The van der Waals surface area contributed by atoms with Crippen LogP contribution in [0, 0.1) is 0 Å². The van der Waals surface area contributed by atoms with Crippen LogP contribution in [0.2, 0.25) is 0 Å². The van der Waals surface area contributed by atoms with Gasteiger partial charge in [0.15, 0.2) is 5.96 Å². The van der Waals surface area contributed by atoms with Crippen LogP contribution in [0.1, 0.15) is 25.0 Å². The van der Waals surface area contributed by atoms with Crippen molar-refractivity contribution in [2.24, 2.45) is 10.1 Å². The maximum absolute atomic E-state index is 11.3. The van der Waals surface area contributed by atoms with Crippen molar-refractivity contribution in [3.8, 4) is 0 Å². The third-order valence-electron chi connectivity index (χ3n) is 4.24. The van der Waals surface area contributed by atoms with Crippen LogP contribution in [0.25, 0.3) is 0 Å². The molecule has 0 bridgehead atoms. The zero-order valence-electron chi connectivity index (χ0n) is 16.6. The summed E-state index contributed by atoms with van der Waals surface area (Å²) in [6.45, 7) is 5.23. The zero-order valence-corrected chi connectivity index (χ0v) is 19.8. The summed E-state index contributed by atoms with van der Waals surface area (Å²) in [5, 5.41) is 22.2. The zero-order chi connectivity index (χ0) is 20.6. The summed E-state index contributed by atoms with van der Waals surface area (Å²) < 4.78 is 22.6. The van der Waals surface area contributed by atoms with E-state index in [0.717, 1.165) is 11.1 Å². The van der Waals surface area contributed by atoms with Gasteiger partial charge in [-0.1, -0.05) is 42.5 Å². The molecule has 2 aromatic carbocycles. The minimum Gasteiger partial charge on any atom is -0.384 e. The second-order valence-electron chi connectivity index (χ2n) is 6.70. The molecule has 0 aromatic heterocycles. The number of halogens is 1. The largest absolute Gasteiger partial charge is 0.384 e. The normalized spacial score (nSPS) is 13.9. The van der Waals surface area contributed by atoms with E-state index >= 15 is 0 Å². The molecule has 0 aliphatic carbocycles. The lowest BCUT2D eigenvalue weighted by molar-refractivity contribution is 0.0672. The summed E-state index contributed by atoms with van der Waals surface area (Å²) >= 11 is 0. The Morgan fingerprint density at radius 3 is 2.28 bits per heavy atom. The number of nitrogens with one attached hydrogen (secondary N) is 2. The molecule has 9 heteroatoms. The molecule has 1 unspecified atom stereocenters. The highest BCUT2D eigenvalue weighted by Crippen LogP contribution is 2.20. The van der Waals surface area contributed by atoms with Crippen molar-refractivity contribution in [3.05, 3.63) is 65.7 Å². The maximum atomic E-state index is 11.3. The van der Waals surface area contributed by atoms with E-state index in [2.05, 4.69) is 15.6 Å². The highest BCUT2D eigenvalue weighted by atomic mass is 127. The molecule has 0 spiro atoms. The van der Waals surface area contributed by atoms with Crippen molar-refractivity contribution in [2.45, 2.75) is 30.8 Å². The van der Waals surface area contributed by atoms with Crippen LogP contribution in [-0.4, -0.2) is 39.1 Å². The number of benzene rings is 2. The monoisotopic (exact) mass is 532 g/mol. The number of hydrogen-bond donors (Lipinski definition) is 4. The van der Waals surface area contributed by atoms with Crippen molar-refractivity contribution in [3.63, 3.8) is 0 Å². The van der Waals surface area contributed by atoms with Crippen LogP contribution < -0.4 is 15.8 Å². The summed E-state index contributed by atoms with van der Waals surface area (Å²) in [7, 11) is -3.67. The third kappa shape index (κ3) is 8.29. The lowest BCUT2D eigenvalue weighted by Crippen LogP contribution is -2.39. The molecule has 0 fully saturated rings. The van der Waals surface area contributed by atoms with Crippen molar-refractivity contribution in [1.82, 2.24) is 10.6 Å². The Morgan fingerprint density at radius 2 is 1.72 bits per heavy atom. The number of aliphatic imine (C=N–C) groups is 1. The summed E-state index contributed by atoms with van der Waals surface area (Å²) in [6.07, 6.45) is 0.685. The second-order valence-corrected chi connectivity index (χ2v) is 8.26. The van der Waals surface area contributed by atoms with Crippen LogP contribution in [0.15, 0.2) is 64.5 Å². The fraction of sp³-hybridized carbons (Fsp3) is 0.350. The van der Waals surface area contributed by atoms with Crippen molar-refractivity contribution in [2.75, 3.05) is 19.6 Å². The lowest BCUT2D eigenvalue weighted by atomic mass is 9.96. The molecule has 7 nitrogen and oxygen atoms in total. The topological polar surface area (TPSA) is 117 Å². The lowest BCUT2D eigenvalue weighted by Gasteiger charge is -2.22. The molecule has 0 saturated carbocycles.